The van der Waals surface area contributed by atoms with E-state index in [4.69, 9.17) is 5.73 Å². The van der Waals surface area contributed by atoms with Gasteiger partial charge >= 0.3 is 0 Å². The van der Waals surface area contributed by atoms with Crippen molar-refractivity contribution in [2.75, 3.05) is 37.9 Å². The van der Waals surface area contributed by atoms with E-state index in [0.29, 0.717) is 24.4 Å². The maximum atomic E-state index is 12.5. The van der Waals surface area contributed by atoms with E-state index in [1.54, 1.807) is 17.7 Å². The van der Waals surface area contributed by atoms with Crippen LogP contribution < -0.4 is 16.6 Å². The second kappa shape index (κ2) is 10.9. The molecule has 1 atom stereocenters. The van der Waals surface area contributed by atoms with Gasteiger partial charge in [0.1, 0.15) is 5.82 Å². The van der Waals surface area contributed by atoms with Crippen molar-refractivity contribution in [2.45, 2.75) is 45.2 Å². The standard InChI is InChI=1S/C25H36N6O3/c1-5-6-9-25(2,16-33)29-23-19-8-7-17(12-21(19)27-24(26)28-23)20-13-22(34)31(4)15-18(20)14-30(3)10-11-32/h7-8,12-13,15,32-33H,5-6,9-11,14,16H2,1-4H3,(H3,26,27,28,29). The van der Waals surface area contributed by atoms with Crippen LogP contribution in [0.5, 0.6) is 0 Å². The molecule has 9 heteroatoms. The molecular weight excluding hydrogens is 432 g/mol. The molecule has 2 aromatic heterocycles. The fourth-order valence-electron chi connectivity index (χ4n) is 4.06. The molecule has 0 aliphatic carbocycles. The molecule has 0 bridgehead atoms. The average Bonchev–Trinajstić information content (AvgIpc) is 2.79. The minimum Gasteiger partial charge on any atom is -0.395 e. The summed E-state index contributed by atoms with van der Waals surface area (Å²) in [6.07, 6.45) is 4.63. The molecule has 1 unspecified atom stereocenters. The number of aliphatic hydroxyl groups excluding tert-OH is 2. The number of anilines is 2. The number of aryl methyl sites for hydroxylation is 1. The molecule has 5 N–H and O–H groups in total. The number of aromatic nitrogens is 3. The number of nitrogen functional groups attached to an aromatic ring is 1. The van der Waals surface area contributed by atoms with Crippen LogP contribution in [0.15, 0.2) is 35.3 Å². The number of hydrogen-bond donors (Lipinski definition) is 4. The number of likely N-dealkylation sites (N-methyl/N-ethyl adjacent to an activating group) is 1. The lowest BCUT2D eigenvalue weighted by atomic mass is 9.95. The van der Waals surface area contributed by atoms with Gasteiger partial charge < -0.3 is 25.8 Å². The van der Waals surface area contributed by atoms with Crippen LogP contribution in [-0.4, -0.2) is 62.0 Å². The minimum atomic E-state index is -0.529. The summed E-state index contributed by atoms with van der Waals surface area (Å²) >= 11 is 0. The first-order valence-corrected chi connectivity index (χ1v) is 11.7. The zero-order valence-electron chi connectivity index (χ0n) is 20.5. The molecule has 34 heavy (non-hydrogen) atoms. The first kappa shape index (κ1) is 25.6. The number of rotatable bonds is 11. The molecule has 0 fully saturated rings. The van der Waals surface area contributed by atoms with Gasteiger partial charge in [0.25, 0.3) is 5.56 Å². The molecule has 184 valence electrons. The number of nitrogens with one attached hydrogen (secondary N) is 1. The zero-order chi connectivity index (χ0) is 24.9. The van der Waals surface area contributed by atoms with Crippen LogP contribution in [0.25, 0.3) is 22.0 Å². The summed E-state index contributed by atoms with van der Waals surface area (Å²) in [5.41, 5.74) is 8.67. The molecule has 0 saturated carbocycles. The van der Waals surface area contributed by atoms with Crippen molar-refractivity contribution < 1.29 is 10.2 Å². The molecule has 2 heterocycles. The lowest BCUT2D eigenvalue weighted by Gasteiger charge is -2.30. The van der Waals surface area contributed by atoms with Gasteiger partial charge in [0.15, 0.2) is 0 Å². The van der Waals surface area contributed by atoms with Gasteiger partial charge in [0, 0.05) is 37.8 Å². The van der Waals surface area contributed by atoms with E-state index in [9.17, 15) is 15.0 Å². The van der Waals surface area contributed by atoms with E-state index in [-0.39, 0.29) is 24.7 Å². The molecule has 0 aliphatic heterocycles. The molecule has 0 aliphatic rings. The molecule has 0 amide bonds. The molecular formula is C25H36N6O3. The predicted octanol–water partition coefficient (Wildman–Crippen LogP) is 2.35. The summed E-state index contributed by atoms with van der Waals surface area (Å²) < 4.78 is 1.56. The topological polar surface area (TPSA) is 130 Å². The van der Waals surface area contributed by atoms with E-state index in [1.165, 1.54) is 0 Å². The van der Waals surface area contributed by atoms with Gasteiger partial charge in [-0.2, -0.15) is 4.98 Å². The van der Waals surface area contributed by atoms with E-state index < -0.39 is 5.54 Å². The number of nitrogens with zero attached hydrogens (tertiary/aromatic N) is 4. The van der Waals surface area contributed by atoms with Crippen LogP contribution in [0.1, 0.15) is 38.7 Å². The Morgan fingerprint density at radius 3 is 2.68 bits per heavy atom. The fourth-order valence-corrected chi connectivity index (χ4v) is 4.06. The van der Waals surface area contributed by atoms with Crippen molar-refractivity contribution in [1.29, 1.82) is 0 Å². The summed E-state index contributed by atoms with van der Waals surface area (Å²) in [4.78, 5) is 23.3. The van der Waals surface area contributed by atoms with Crippen molar-refractivity contribution in [3.05, 3.63) is 46.4 Å². The number of unbranched alkanes of at least 4 members (excludes halogenated alkanes) is 1. The Morgan fingerprint density at radius 1 is 1.24 bits per heavy atom. The molecule has 3 aromatic rings. The Balaban J connectivity index is 2.07. The highest BCUT2D eigenvalue weighted by Gasteiger charge is 2.24. The smallest absolute Gasteiger partial charge is 0.250 e. The second-order valence-electron chi connectivity index (χ2n) is 9.23. The van der Waals surface area contributed by atoms with Gasteiger partial charge in [-0.1, -0.05) is 25.8 Å². The third-order valence-corrected chi connectivity index (χ3v) is 6.11. The molecule has 0 spiro atoms. The second-order valence-corrected chi connectivity index (χ2v) is 9.23. The van der Waals surface area contributed by atoms with Crippen molar-refractivity contribution in [2.24, 2.45) is 7.05 Å². The van der Waals surface area contributed by atoms with Gasteiger partial charge in [0.05, 0.1) is 24.3 Å². The first-order chi connectivity index (χ1) is 16.2. The van der Waals surface area contributed by atoms with Crippen molar-refractivity contribution >= 4 is 22.7 Å². The molecule has 0 radical (unpaired) electrons. The number of benzene rings is 1. The normalized spacial score (nSPS) is 13.4. The Kier molecular flexibility index (Phi) is 8.24. The lowest BCUT2D eigenvalue weighted by molar-refractivity contribution is 0.212. The number of fused-ring (bicyclic) bond motifs is 1. The third kappa shape index (κ3) is 5.91. The number of pyridine rings is 1. The Bertz CT molecular complexity index is 1200. The predicted molar refractivity (Wildman–Crippen MR) is 137 cm³/mol. The van der Waals surface area contributed by atoms with E-state index in [0.717, 1.165) is 41.3 Å². The van der Waals surface area contributed by atoms with Crippen LogP contribution in [0.3, 0.4) is 0 Å². The van der Waals surface area contributed by atoms with Gasteiger partial charge in [0.2, 0.25) is 5.95 Å². The summed E-state index contributed by atoms with van der Waals surface area (Å²) in [6, 6.07) is 7.40. The number of nitrogens with two attached hydrogens (primary N) is 1. The molecule has 1 aromatic carbocycles. The maximum absolute atomic E-state index is 12.5. The van der Waals surface area contributed by atoms with Crippen LogP contribution in [0.4, 0.5) is 11.8 Å². The number of hydrogen-bond acceptors (Lipinski definition) is 8. The summed E-state index contributed by atoms with van der Waals surface area (Å²) in [5, 5.41) is 23.5. The van der Waals surface area contributed by atoms with E-state index in [2.05, 4.69) is 22.2 Å². The third-order valence-electron chi connectivity index (χ3n) is 6.11. The highest BCUT2D eigenvalue weighted by molar-refractivity contribution is 5.93. The molecule has 0 saturated heterocycles. The largest absolute Gasteiger partial charge is 0.395 e. The Morgan fingerprint density at radius 2 is 2.00 bits per heavy atom. The van der Waals surface area contributed by atoms with Gasteiger partial charge in [-0.05, 0) is 49.2 Å². The minimum absolute atomic E-state index is 0.0332. The van der Waals surface area contributed by atoms with Gasteiger partial charge in [-0.3, -0.25) is 9.69 Å². The van der Waals surface area contributed by atoms with E-state index in [1.807, 2.05) is 43.3 Å². The summed E-state index contributed by atoms with van der Waals surface area (Å²) in [7, 11) is 3.65. The van der Waals surface area contributed by atoms with Crippen LogP contribution in [0.2, 0.25) is 0 Å². The molecule has 9 nitrogen and oxygen atoms in total. The van der Waals surface area contributed by atoms with Gasteiger partial charge in [-0.15, -0.1) is 0 Å². The van der Waals surface area contributed by atoms with Crippen LogP contribution in [0, 0.1) is 0 Å². The first-order valence-electron chi connectivity index (χ1n) is 11.7. The Labute approximate surface area is 200 Å². The highest BCUT2D eigenvalue weighted by Crippen LogP contribution is 2.31. The summed E-state index contributed by atoms with van der Waals surface area (Å²) in [6.45, 7) is 5.22. The quantitative estimate of drug-likeness (QED) is 0.337. The number of aliphatic hydroxyl groups is 2. The highest BCUT2D eigenvalue weighted by atomic mass is 16.3. The van der Waals surface area contributed by atoms with Crippen LogP contribution >= 0.6 is 0 Å². The van der Waals surface area contributed by atoms with Crippen molar-refractivity contribution in [1.82, 2.24) is 19.4 Å². The lowest BCUT2D eigenvalue weighted by Crippen LogP contribution is -2.39. The zero-order valence-corrected chi connectivity index (χ0v) is 20.5. The van der Waals surface area contributed by atoms with Gasteiger partial charge in [-0.25, -0.2) is 4.98 Å². The van der Waals surface area contributed by atoms with Crippen molar-refractivity contribution in [3.8, 4) is 11.1 Å². The average molecular weight is 469 g/mol. The monoisotopic (exact) mass is 468 g/mol. The van der Waals surface area contributed by atoms with Crippen molar-refractivity contribution in [3.63, 3.8) is 0 Å². The SMILES string of the molecule is CCCCC(C)(CO)Nc1nc(N)nc2cc(-c3cc(=O)n(C)cc3CN(C)CCO)ccc12. The fraction of sp³-hybridized carbons (Fsp3) is 0.480. The van der Waals surface area contributed by atoms with Crippen LogP contribution in [-0.2, 0) is 13.6 Å². The van der Waals surface area contributed by atoms with E-state index >= 15 is 0 Å². The summed E-state index contributed by atoms with van der Waals surface area (Å²) in [5.74, 6) is 0.711. The Hall–Kier alpha value is -3.01. The molecule has 3 rings (SSSR count). The maximum Gasteiger partial charge on any atom is 0.250 e.